The Balaban J connectivity index is 1.46. The summed E-state index contributed by atoms with van der Waals surface area (Å²) in [6, 6.07) is 18.0. The first kappa shape index (κ1) is 17.6. The number of piperidine rings is 1. The van der Waals surface area contributed by atoms with Crippen molar-refractivity contribution in [2.24, 2.45) is 5.73 Å². The fourth-order valence-corrected chi connectivity index (χ4v) is 3.29. The average molecular weight is 337 g/mol. The second kappa shape index (κ2) is 8.28. The van der Waals surface area contributed by atoms with Gasteiger partial charge >= 0.3 is 0 Å². The summed E-state index contributed by atoms with van der Waals surface area (Å²) in [6.45, 7) is 5.00. The summed E-state index contributed by atoms with van der Waals surface area (Å²) in [7, 11) is 0. The number of amides is 1. The maximum atomic E-state index is 12.4. The number of nitrogens with zero attached hydrogens (tertiary/aromatic N) is 1. The molecule has 4 nitrogen and oxygen atoms in total. The molecule has 1 amide bonds. The number of benzene rings is 2. The van der Waals surface area contributed by atoms with Crippen molar-refractivity contribution in [1.82, 2.24) is 10.2 Å². The summed E-state index contributed by atoms with van der Waals surface area (Å²) in [5.41, 5.74) is 9.49. The Kier molecular flexibility index (Phi) is 5.84. The molecule has 0 aromatic heterocycles. The predicted octanol–water partition coefficient (Wildman–Crippen LogP) is 2.78. The largest absolute Gasteiger partial charge is 0.352 e. The van der Waals surface area contributed by atoms with Gasteiger partial charge in [-0.1, -0.05) is 60.2 Å². The van der Waals surface area contributed by atoms with Gasteiger partial charge in [0.25, 0.3) is 0 Å². The fourth-order valence-electron chi connectivity index (χ4n) is 3.29. The lowest BCUT2D eigenvalue weighted by Crippen LogP contribution is -2.46. The van der Waals surface area contributed by atoms with Crippen molar-refractivity contribution in [2.75, 3.05) is 13.1 Å². The Morgan fingerprint density at radius 2 is 1.76 bits per heavy atom. The Morgan fingerprint density at radius 1 is 1.12 bits per heavy atom. The zero-order valence-corrected chi connectivity index (χ0v) is 14.8. The maximum absolute atomic E-state index is 12.4. The molecule has 2 aromatic rings. The van der Waals surface area contributed by atoms with Crippen molar-refractivity contribution in [3.8, 4) is 0 Å². The Hall–Kier alpha value is -2.17. The minimum atomic E-state index is -0.594. The first-order valence-electron chi connectivity index (χ1n) is 9.00. The van der Waals surface area contributed by atoms with Gasteiger partial charge in [0.1, 0.15) is 6.04 Å². The number of nitrogens with two attached hydrogens (primary N) is 1. The molecule has 1 atom stereocenters. The van der Waals surface area contributed by atoms with Crippen LogP contribution in [0, 0.1) is 6.92 Å². The van der Waals surface area contributed by atoms with Gasteiger partial charge in [-0.15, -0.1) is 0 Å². The second-order valence-corrected chi connectivity index (χ2v) is 6.93. The standard InChI is InChI=1S/C21H27N3O/c1-16-7-9-18(10-8-16)20(22)21(25)23-19-11-13-24(14-12-19)15-17-5-3-2-4-6-17/h2-10,19-20H,11-15,22H2,1H3,(H,23,25). The van der Waals surface area contributed by atoms with Crippen LogP contribution in [0.5, 0.6) is 0 Å². The second-order valence-electron chi connectivity index (χ2n) is 6.93. The third kappa shape index (κ3) is 4.91. The first-order chi connectivity index (χ1) is 12.1. The third-order valence-electron chi connectivity index (χ3n) is 4.90. The van der Waals surface area contributed by atoms with E-state index in [4.69, 9.17) is 5.73 Å². The highest BCUT2D eigenvalue weighted by Gasteiger charge is 2.23. The smallest absolute Gasteiger partial charge is 0.241 e. The minimum absolute atomic E-state index is 0.0784. The lowest BCUT2D eigenvalue weighted by molar-refractivity contribution is -0.123. The van der Waals surface area contributed by atoms with Crippen molar-refractivity contribution in [3.05, 3.63) is 71.3 Å². The van der Waals surface area contributed by atoms with E-state index >= 15 is 0 Å². The Bertz CT molecular complexity index is 676. The first-order valence-corrected chi connectivity index (χ1v) is 9.00. The molecule has 0 spiro atoms. The molecule has 0 saturated carbocycles. The SMILES string of the molecule is Cc1ccc(C(N)C(=O)NC2CCN(Cc3ccccc3)CC2)cc1. The minimum Gasteiger partial charge on any atom is -0.352 e. The van der Waals surface area contributed by atoms with E-state index in [0.717, 1.165) is 38.0 Å². The topological polar surface area (TPSA) is 58.4 Å². The van der Waals surface area contributed by atoms with Crippen LogP contribution in [0.1, 0.15) is 35.6 Å². The number of aryl methyl sites for hydroxylation is 1. The van der Waals surface area contributed by atoms with E-state index in [2.05, 4.69) is 34.5 Å². The number of hydrogen-bond acceptors (Lipinski definition) is 3. The van der Waals surface area contributed by atoms with Gasteiger partial charge in [0.15, 0.2) is 0 Å². The van der Waals surface area contributed by atoms with E-state index in [1.807, 2.05) is 37.3 Å². The van der Waals surface area contributed by atoms with Crippen molar-refractivity contribution in [1.29, 1.82) is 0 Å². The van der Waals surface area contributed by atoms with Crippen LogP contribution in [-0.2, 0) is 11.3 Å². The molecule has 0 aliphatic carbocycles. The summed E-state index contributed by atoms with van der Waals surface area (Å²) < 4.78 is 0. The highest BCUT2D eigenvalue weighted by Crippen LogP contribution is 2.16. The fraction of sp³-hybridized carbons (Fsp3) is 0.381. The van der Waals surface area contributed by atoms with Crippen LogP contribution in [0.25, 0.3) is 0 Å². The summed E-state index contributed by atoms with van der Waals surface area (Å²) in [4.78, 5) is 14.9. The van der Waals surface area contributed by atoms with E-state index in [-0.39, 0.29) is 11.9 Å². The molecule has 1 heterocycles. The molecule has 4 heteroatoms. The molecule has 0 bridgehead atoms. The molecule has 3 N–H and O–H groups in total. The van der Waals surface area contributed by atoms with Crippen molar-refractivity contribution < 1.29 is 4.79 Å². The molecule has 132 valence electrons. The molecule has 1 fully saturated rings. The van der Waals surface area contributed by atoms with Gasteiger partial charge in [-0.05, 0) is 30.9 Å². The zero-order chi connectivity index (χ0) is 17.6. The van der Waals surface area contributed by atoms with Crippen molar-refractivity contribution in [2.45, 2.75) is 38.4 Å². The van der Waals surface area contributed by atoms with Crippen LogP contribution in [0.4, 0.5) is 0 Å². The summed E-state index contributed by atoms with van der Waals surface area (Å²) in [6.07, 6.45) is 1.94. The van der Waals surface area contributed by atoms with Crippen molar-refractivity contribution >= 4 is 5.91 Å². The molecule has 25 heavy (non-hydrogen) atoms. The van der Waals surface area contributed by atoms with Crippen LogP contribution < -0.4 is 11.1 Å². The molecule has 1 aliphatic heterocycles. The van der Waals surface area contributed by atoms with Crippen LogP contribution in [0.2, 0.25) is 0 Å². The third-order valence-corrected chi connectivity index (χ3v) is 4.90. The lowest BCUT2D eigenvalue weighted by atomic mass is 10.0. The molecule has 1 unspecified atom stereocenters. The van der Waals surface area contributed by atoms with Crippen LogP contribution in [0.3, 0.4) is 0 Å². The molecule has 0 radical (unpaired) electrons. The average Bonchev–Trinajstić information content (AvgIpc) is 2.64. The highest BCUT2D eigenvalue weighted by molar-refractivity contribution is 5.83. The predicted molar refractivity (Wildman–Crippen MR) is 101 cm³/mol. The Morgan fingerprint density at radius 3 is 2.40 bits per heavy atom. The number of nitrogens with one attached hydrogen (secondary N) is 1. The molecule has 1 saturated heterocycles. The molecule has 2 aromatic carbocycles. The van der Waals surface area contributed by atoms with Crippen LogP contribution in [-0.4, -0.2) is 29.9 Å². The lowest BCUT2D eigenvalue weighted by Gasteiger charge is -2.32. The number of hydrogen-bond donors (Lipinski definition) is 2. The van der Waals surface area contributed by atoms with E-state index in [1.165, 1.54) is 11.1 Å². The quantitative estimate of drug-likeness (QED) is 0.882. The van der Waals surface area contributed by atoms with Crippen molar-refractivity contribution in [3.63, 3.8) is 0 Å². The van der Waals surface area contributed by atoms with E-state index in [0.29, 0.717) is 0 Å². The highest BCUT2D eigenvalue weighted by atomic mass is 16.2. The summed E-state index contributed by atoms with van der Waals surface area (Å²) >= 11 is 0. The number of rotatable bonds is 5. The van der Waals surface area contributed by atoms with Gasteiger partial charge in [-0.3, -0.25) is 9.69 Å². The molecule has 1 aliphatic rings. The Labute approximate surface area is 150 Å². The number of carbonyl (C=O) groups excluding carboxylic acids is 1. The van der Waals surface area contributed by atoms with Crippen LogP contribution >= 0.6 is 0 Å². The molecule has 3 rings (SSSR count). The van der Waals surface area contributed by atoms with Gasteiger partial charge < -0.3 is 11.1 Å². The van der Waals surface area contributed by atoms with Crippen LogP contribution in [0.15, 0.2) is 54.6 Å². The van der Waals surface area contributed by atoms with Gasteiger partial charge in [-0.2, -0.15) is 0 Å². The van der Waals surface area contributed by atoms with E-state index < -0.39 is 6.04 Å². The van der Waals surface area contributed by atoms with Gasteiger partial charge in [-0.25, -0.2) is 0 Å². The van der Waals surface area contributed by atoms with E-state index in [9.17, 15) is 4.79 Å². The summed E-state index contributed by atoms with van der Waals surface area (Å²) in [5, 5.41) is 3.13. The zero-order valence-electron chi connectivity index (χ0n) is 14.8. The molecular weight excluding hydrogens is 310 g/mol. The van der Waals surface area contributed by atoms with Gasteiger partial charge in [0.2, 0.25) is 5.91 Å². The summed E-state index contributed by atoms with van der Waals surface area (Å²) in [5.74, 6) is -0.0784. The normalized spacial score (nSPS) is 17.2. The number of carbonyl (C=O) groups is 1. The van der Waals surface area contributed by atoms with Gasteiger partial charge in [0, 0.05) is 25.7 Å². The number of likely N-dealkylation sites (tertiary alicyclic amines) is 1. The van der Waals surface area contributed by atoms with E-state index in [1.54, 1.807) is 0 Å². The monoisotopic (exact) mass is 337 g/mol. The van der Waals surface area contributed by atoms with Gasteiger partial charge in [0.05, 0.1) is 0 Å². The maximum Gasteiger partial charge on any atom is 0.241 e. The molecular formula is C21H27N3O.